The van der Waals surface area contributed by atoms with Crippen molar-refractivity contribution in [1.29, 1.82) is 0 Å². The van der Waals surface area contributed by atoms with Gasteiger partial charge in [0.2, 0.25) is 11.6 Å². The molecule has 0 radical (unpaired) electrons. The maximum Gasteiger partial charge on any atom is 0.451 e. The number of hydrogen-bond acceptors (Lipinski definition) is 4. The first-order valence-electron chi connectivity index (χ1n) is 8.62. The molecule has 1 aliphatic rings. The van der Waals surface area contributed by atoms with Crippen molar-refractivity contribution in [1.82, 2.24) is 34.7 Å². The number of halogens is 3. The molecule has 4 heterocycles. The van der Waals surface area contributed by atoms with Crippen LogP contribution in [0.25, 0.3) is 22.9 Å². The van der Waals surface area contributed by atoms with Crippen LogP contribution in [0.5, 0.6) is 0 Å². The summed E-state index contributed by atoms with van der Waals surface area (Å²) in [4.78, 5) is 15.3. The molecular weight excluding hydrogens is 359 g/mol. The SMILES string of the molecule is C.FC(F)(F)c1nc(-c2nc3n(c2-c2cnc[nH]2)CCCCCCC3)n[nH]1. The van der Waals surface area contributed by atoms with Gasteiger partial charge in [0.1, 0.15) is 11.5 Å². The summed E-state index contributed by atoms with van der Waals surface area (Å²) in [6.45, 7) is 0.757. The van der Waals surface area contributed by atoms with Gasteiger partial charge in [-0.2, -0.15) is 18.3 Å². The predicted octanol–water partition coefficient (Wildman–Crippen LogP) is 4.22. The van der Waals surface area contributed by atoms with Gasteiger partial charge in [-0.1, -0.05) is 26.7 Å². The van der Waals surface area contributed by atoms with Crippen molar-refractivity contribution in [3.05, 3.63) is 24.2 Å². The fraction of sp³-hybridized carbons (Fsp3) is 0.529. The number of fused-ring (bicyclic) bond motifs is 1. The molecule has 0 unspecified atom stereocenters. The van der Waals surface area contributed by atoms with Crippen LogP contribution in [0.4, 0.5) is 13.2 Å². The summed E-state index contributed by atoms with van der Waals surface area (Å²) in [5.74, 6) is -0.330. The Hall–Kier alpha value is -2.65. The van der Waals surface area contributed by atoms with E-state index in [0.29, 0.717) is 17.1 Å². The van der Waals surface area contributed by atoms with Crippen LogP contribution in [0.15, 0.2) is 12.5 Å². The summed E-state index contributed by atoms with van der Waals surface area (Å²) < 4.78 is 40.8. The Labute approximate surface area is 154 Å². The van der Waals surface area contributed by atoms with E-state index in [2.05, 4.69) is 29.6 Å². The zero-order chi connectivity index (χ0) is 18.1. The summed E-state index contributed by atoms with van der Waals surface area (Å²) in [7, 11) is 0. The molecule has 3 aromatic rings. The van der Waals surface area contributed by atoms with Gasteiger partial charge in [0.05, 0.1) is 23.9 Å². The van der Waals surface area contributed by atoms with E-state index >= 15 is 0 Å². The van der Waals surface area contributed by atoms with E-state index in [4.69, 9.17) is 0 Å². The average molecular weight is 381 g/mol. The smallest absolute Gasteiger partial charge is 0.343 e. The van der Waals surface area contributed by atoms with Gasteiger partial charge in [0.15, 0.2) is 0 Å². The summed E-state index contributed by atoms with van der Waals surface area (Å²) >= 11 is 0. The molecule has 0 saturated carbocycles. The first-order chi connectivity index (χ1) is 12.5. The minimum Gasteiger partial charge on any atom is -0.343 e. The van der Waals surface area contributed by atoms with Gasteiger partial charge in [0.25, 0.3) is 0 Å². The van der Waals surface area contributed by atoms with Crippen molar-refractivity contribution in [2.24, 2.45) is 0 Å². The second-order valence-corrected chi connectivity index (χ2v) is 6.37. The predicted molar refractivity (Wildman–Crippen MR) is 93.7 cm³/mol. The van der Waals surface area contributed by atoms with E-state index in [0.717, 1.165) is 44.5 Å². The van der Waals surface area contributed by atoms with E-state index in [9.17, 15) is 13.2 Å². The molecule has 2 N–H and O–H groups in total. The molecule has 0 saturated heterocycles. The zero-order valence-corrected chi connectivity index (χ0v) is 14.0. The van der Waals surface area contributed by atoms with Crippen LogP contribution in [0.1, 0.15) is 51.2 Å². The van der Waals surface area contributed by atoms with Gasteiger partial charge in [-0.15, -0.1) is 0 Å². The average Bonchev–Trinajstić information content (AvgIpc) is 3.32. The largest absolute Gasteiger partial charge is 0.451 e. The van der Waals surface area contributed by atoms with Crippen molar-refractivity contribution in [3.8, 4) is 22.9 Å². The summed E-state index contributed by atoms with van der Waals surface area (Å²) in [6.07, 6.45) is 4.79. The van der Waals surface area contributed by atoms with Crippen LogP contribution in [-0.4, -0.2) is 34.7 Å². The van der Waals surface area contributed by atoms with Gasteiger partial charge in [-0.25, -0.2) is 15.0 Å². The first-order valence-corrected chi connectivity index (χ1v) is 8.62. The highest BCUT2D eigenvalue weighted by Gasteiger charge is 2.36. The lowest BCUT2D eigenvalue weighted by molar-refractivity contribution is -0.144. The minimum atomic E-state index is -4.58. The van der Waals surface area contributed by atoms with Crippen LogP contribution in [0.2, 0.25) is 0 Å². The molecular formula is C17H22F3N7. The molecule has 4 rings (SSSR count). The van der Waals surface area contributed by atoms with Crippen LogP contribution in [0.3, 0.4) is 0 Å². The number of nitrogens with one attached hydrogen (secondary N) is 2. The molecule has 0 amide bonds. The Morgan fingerprint density at radius 3 is 2.52 bits per heavy atom. The lowest BCUT2D eigenvalue weighted by Gasteiger charge is -2.10. The Morgan fingerprint density at radius 1 is 1.04 bits per heavy atom. The lowest BCUT2D eigenvalue weighted by Crippen LogP contribution is -2.07. The monoisotopic (exact) mass is 381 g/mol. The van der Waals surface area contributed by atoms with E-state index < -0.39 is 12.0 Å². The van der Waals surface area contributed by atoms with Crippen molar-refractivity contribution < 1.29 is 13.2 Å². The lowest BCUT2D eigenvalue weighted by atomic mass is 10.1. The maximum absolute atomic E-state index is 12.9. The van der Waals surface area contributed by atoms with Crippen molar-refractivity contribution in [3.63, 3.8) is 0 Å². The second kappa shape index (κ2) is 7.53. The van der Waals surface area contributed by atoms with Gasteiger partial charge >= 0.3 is 6.18 Å². The molecule has 0 aliphatic carbocycles. The Balaban J connectivity index is 0.00000210. The van der Waals surface area contributed by atoms with E-state index in [1.165, 1.54) is 12.7 Å². The third-order valence-corrected chi connectivity index (χ3v) is 4.55. The van der Waals surface area contributed by atoms with E-state index in [1.54, 1.807) is 6.20 Å². The summed E-state index contributed by atoms with van der Waals surface area (Å²) in [5, 5.41) is 5.74. The summed E-state index contributed by atoms with van der Waals surface area (Å²) in [6, 6.07) is 0. The quantitative estimate of drug-likeness (QED) is 0.696. The van der Waals surface area contributed by atoms with Crippen molar-refractivity contribution in [2.45, 2.75) is 58.7 Å². The molecule has 0 atom stereocenters. The van der Waals surface area contributed by atoms with Crippen LogP contribution >= 0.6 is 0 Å². The van der Waals surface area contributed by atoms with E-state index in [-0.39, 0.29) is 13.3 Å². The van der Waals surface area contributed by atoms with Gasteiger partial charge < -0.3 is 9.55 Å². The maximum atomic E-state index is 12.9. The molecule has 27 heavy (non-hydrogen) atoms. The number of aromatic amines is 2. The molecule has 146 valence electrons. The molecule has 3 aromatic heterocycles. The van der Waals surface area contributed by atoms with Crippen LogP contribution in [-0.2, 0) is 19.1 Å². The Morgan fingerprint density at radius 2 is 1.81 bits per heavy atom. The van der Waals surface area contributed by atoms with Crippen molar-refractivity contribution >= 4 is 0 Å². The Bertz CT molecular complexity index is 877. The summed E-state index contributed by atoms with van der Waals surface area (Å²) in [5.41, 5.74) is 1.72. The van der Waals surface area contributed by atoms with Crippen LogP contribution < -0.4 is 0 Å². The topological polar surface area (TPSA) is 88.1 Å². The molecule has 1 aliphatic heterocycles. The fourth-order valence-electron chi connectivity index (χ4n) is 3.32. The number of H-pyrrole nitrogens is 2. The number of aromatic nitrogens is 7. The number of alkyl halides is 3. The molecule has 10 heteroatoms. The van der Waals surface area contributed by atoms with E-state index in [1.807, 2.05) is 5.10 Å². The highest BCUT2D eigenvalue weighted by Crippen LogP contribution is 2.33. The molecule has 0 bridgehead atoms. The van der Waals surface area contributed by atoms with Gasteiger partial charge in [-0.3, -0.25) is 5.10 Å². The Kier molecular flexibility index (Phi) is 5.33. The van der Waals surface area contributed by atoms with Gasteiger partial charge in [0, 0.05) is 13.0 Å². The highest BCUT2D eigenvalue weighted by molar-refractivity contribution is 5.73. The third kappa shape index (κ3) is 3.74. The highest BCUT2D eigenvalue weighted by atomic mass is 19.4. The minimum absolute atomic E-state index is 0. The molecule has 0 fully saturated rings. The van der Waals surface area contributed by atoms with Gasteiger partial charge in [-0.05, 0) is 12.8 Å². The number of rotatable bonds is 2. The number of hydrogen-bond donors (Lipinski definition) is 2. The third-order valence-electron chi connectivity index (χ3n) is 4.55. The normalized spacial score (nSPS) is 15.4. The number of aryl methyl sites for hydroxylation is 1. The standard InChI is InChI=1S/C16H18F3N7.CH4/c17-16(18,19)15-23-14(24-25-15)12-13(10-8-20-9-21-10)26-7-5-3-1-2-4-6-11(26)22-12;/h8-9H,1-7H2,(H,20,21)(H,23,24,25);1H4. The number of imidazole rings is 2. The zero-order valence-electron chi connectivity index (χ0n) is 14.0. The molecule has 0 spiro atoms. The molecule has 7 nitrogen and oxygen atoms in total. The molecule has 0 aromatic carbocycles. The second-order valence-electron chi connectivity index (χ2n) is 6.37. The van der Waals surface area contributed by atoms with Crippen molar-refractivity contribution in [2.75, 3.05) is 0 Å². The fourth-order valence-corrected chi connectivity index (χ4v) is 3.32. The van der Waals surface area contributed by atoms with Crippen LogP contribution in [0, 0.1) is 0 Å². The number of nitrogens with zero attached hydrogens (tertiary/aromatic N) is 5. The first kappa shape index (κ1) is 19.1.